The Balaban J connectivity index is 1.39. The average Bonchev–Trinajstić information content (AvgIpc) is 3.22. The third kappa shape index (κ3) is 3.54. The smallest absolute Gasteiger partial charge is 0.325 e. The van der Waals surface area contributed by atoms with Gasteiger partial charge in [-0.2, -0.15) is 0 Å². The molecule has 164 valence electrons. The SMILES string of the molecule is COc1ccc2[nH]cc(C(C(=O)O)N3CCN(c4cc(C)c5ccccc5n4)CC3)c2c1. The van der Waals surface area contributed by atoms with E-state index < -0.39 is 12.0 Å². The normalized spacial score (nSPS) is 15.9. The molecule has 2 aromatic heterocycles. The van der Waals surface area contributed by atoms with Gasteiger partial charge in [-0.05, 0) is 42.8 Å². The van der Waals surface area contributed by atoms with Crippen LogP contribution in [0.3, 0.4) is 0 Å². The number of hydrogen-bond acceptors (Lipinski definition) is 5. The molecule has 1 saturated heterocycles. The summed E-state index contributed by atoms with van der Waals surface area (Å²) in [6.45, 7) is 4.83. The molecule has 7 heteroatoms. The van der Waals surface area contributed by atoms with Crippen LogP contribution in [0, 0.1) is 6.92 Å². The fraction of sp³-hybridized carbons (Fsp3) is 0.280. The molecule has 0 bridgehead atoms. The van der Waals surface area contributed by atoms with Crippen LogP contribution < -0.4 is 9.64 Å². The minimum atomic E-state index is -0.846. The number of aromatic amines is 1. The molecule has 5 rings (SSSR count). The van der Waals surface area contributed by atoms with E-state index in [0.29, 0.717) is 18.8 Å². The van der Waals surface area contributed by atoms with Crippen LogP contribution >= 0.6 is 0 Å². The first-order valence-electron chi connectivity index (χ1n) is 10.8. The average molecular weight is 431 g/mol. The van der Waals surface area contributed by atoms with Crippen molar-refractivity contribution in [2.75, 3.05) is 38.2 Å². The molecule has 1 atom stereocenters. The third-order valence-electron chi connectivity index (χ3n) is 6.36. The highest BCUT2D eigenvalue weighted by Crippen LogP contribution is 2.32. The summed E-state index contributed by atoms with van der Waals surface area (Å²) in [6, 6.07) is 15.3. The van der Waals surface area contributed by atoms with Gasteiger partial charge in [-0.1, -0.05) is 18.2 Å². The van der Waals surface area contributed by atoms with E-state index in [1.165, 1.54) is 5.56 Å². The predicted octanol–water partition coefficient (Wildman–Crippen LogP) is 3.98. The largest absolute Gasteiger partial charge is 0.497 e. The van der Waals surface area contributed by atoms with Crippen molar-refractivity contribution < 1.29 is 14.6 Å². The molecule has 4 aromatic rings. The molecular formula is C25H26N4O3. The first-order chi connectivity index (χ1) is 15.5. The number of hydrogen-bond donors (Lipinski definition) is 2. The summed E-state index contributed by atoms with van der Waals surface area (Å²) in [6.07, 6.45) is 1.81. The number of piperazine rings is 1. The van der Waals surface area contributed by atoms with E-state index in [2.05, 4.69) is 28.9 Å². The van der Waals surface area contributed by atoms with Crippen molar-refractivity contribution in [1.82, 2.24) is 14.9 Å². The molecular weight excluding hydrogens is 404 g/mol. The van der Waals surface area contributed by atoms with Gasteiger partial charge >= 0.3 is 5.97 Å². The standard InChI is InChI=1S/C25H26N4O3/c1-16-13-23(27-22-6-4-3-5-18(16)22)28-9-11-29(12-10-28)24(25(30)31)20-15-26-21-8-7-17(32-2)14-19(20)21/h3-8,13-15,24,26H,9-12H2,1-2H3,(H,30,31). The molecule has 3 heterocycles. The summed E-state index contributed by atoms with van der Waals surface area (Å²) in [4.78, 5) is 24.7. The van der Waals surface area contributed by atoms with E-state index >= 15 is 0 Å². The Morgan fingerprint density at radius 2 is 1.88 bits per heavy atom. The number of methoxy groups -OCH3 is 1. The summed E-state index contributed by atoms with van der Waals surface area (Å²) >= 11 is 0. The Morgan fingerprint density at radius 3 is 2.62 bits per heavy atom. The zero-order valence-corrected chi connectivity index (χ0v) is 18.2. The van der Waals surface area contributed by atoms with Crippen molar-refractivity contribution in [2.45, 2.75) is 13.0 Å². The summed E-state index contributed by atoms with van der Waals surface area (Å²) in [5.74, 6) is 0.816. The number of nitrogens with one attached hydrogen (secondary N) is 1. The maximum absolute atomic E-state index is 12.3. The lowest BCUT2D eigenvalue weighted by atomic mass is 10.0. The molecule has 1 aliphatic rings. The number of nitrogens with zero attached hydrogens (tertiary/aromatic N) is 3. The van der Waals surface area contributed by atoms with Gasteiger partial charge in [0.1, 0.15) is 17.6 Å². The van der Waals surface area contributed by atoms with Crippen LogP contribution in [0.4, 0.5) is 5.82 Å². The Kier molecular flexibility index (Phi) is 5.19. The summed E-state index contributed by atoms with van der Waals surface area (Å²) in [7, 11) is 1.62. The van der Waals surface area contributed by atoms with Crippen molar-refractivity contribution in [3.05, 3.63) is 65.9 Å². The van der Waals surface area contributed by atoms with Crippen LogP contribution in [-0.4, -0.2) is 59.2 Å². The molecule has 0 amide bonds. The van der Waals surface area contributed by atoms with Crippen LogP contribution in [0.25, 0.3) is 21.8 Å². The molecule has 1 unspecified atom stereocenters. The van der Waals surface area contributed by atoms with Gasteiger partial charge in [0, 0.05) is 54.2 Å². The van der Waals surface area contributed by atoms with Crippen LogP contribution in [0.2, 0.25) is 0 Å². The number of ether oxygens (including phenoxy) is 1. The van der Waals surface area contributed by atoms with Crippen LogP contribution in [0.15, 0.2) is 54.7 Å². The van der Waals surface area contributed by atoms with Gasteiger partial charge < -0.3 is 19.7 Å². The van der Waals surface area contributed by atoms with Gasteiger partial charge in [0.15, 0.2) is 0 Å². The van der Waals surface area contributed by atoms with E-state index in [1.807, 2.05) is 47.5 Å². The lowest BCUT2D eigenvalue weighted by Crippen LogP contribution is -2.49. The van der Waals surface area contributed by atoms with E-state index in [0.717, 1.165) is 46.3 Å². The van der Waals surface area contributed by atoms with E-state index in [4.69, 9.17) is 9.72 Å². The number of anilines is 1. The third-order valence-corrected chi connectivity index (χ3v) is 6.36. The molecule has 32 heavy (non-hydrogen) atoms. The number of aromatic nitrogens is 2. The first kappa shape index (κ1) is 20.3. The Labute approximate surface area is 186 Å². The second-order valence-electron chi connectivity index (χ2n) is 8.23. The Bertz CT molecular complexity index is 1290. The molecule has 0 saturated carbocycles. The second kappa shape index (κ2) is 8.16. The Hall–Kier alpha value is -3.58. The molecule has 0 spiro atoms. The number of fused-ring (bicyclic) bond motifs is 2. The van der Waals surface area contributed by atoms with E-state index in [1.54, 1.807) is 7.11 Å². The summed E-state index contributed by atoms with van der Waals surface area (Å²) in [5, 5.41) is 12.2. The molecule has 2 N–H and O–H groups in total. The molecule has 2 aromatic carbocycles. The number of carbonyl (C=O) groups is 1. The number of para-hydroxylation sites is 1. The lowest BCUT2D eigenvalue weighted by Gasteiger charge is -2.38. The van der Waals surface area contributed by atoms with Crippen molar-refractivity contribution in [2.24, 2.45) is 0 Å². The maximum Gasteiger partial charge on any atom is 0.325 e. The van der Waals surface area contributed by atoms with Gasteiger partial charge in [0.25, 0.3) is 0 Å². The van der Waals surface area contributed by atoms with Gasteiger partial charge in [0.05, 0.1) is 12.6 Å². The number of rotatable bonds is 5. The summed E-state index contributed by atoms with van der Waals surface area (Å²) in [5.41, 5.74) is 3.85. The zero-order chi connectivity index (χ0) is 22.2. The number of pyridine rings is 1. The topological polar surface area (TPSA) is 81.7 Å². The first-order valence-corrected chi connectivity index (χ1v) is 10.8. The monoisotopic (exact) mass is 430 g/mol. The highest BCUT2D eigenvalue weighted by Gasteiger charge is 2.32. The van der Waals surface area contributed by atoms with Crippen molar-refractivity contribution in [3.63, 3.8) is 0 Å². The van der Waals surface area contributed by atoms with Gasteiger partial charge in [-0.25, -0.2) is 4.98 Å². The summed E-state index contributed by atoms with van der Waals surface area (Å²) < 4.78 is 5.35. The number of aryl methyl sites for hydroxylation is 1. The highest BCUT2D eigenvalue weighted by molar-refractivity contribution is 5.90. The van der Waals surface area contributed by atoms with Crippen molar-refractivity contribution in [1.29, 1.82) is 0 Å². The van der Waals surface area contributed by atoms with Crippen LogP contribution in [-0.2, 0) is 4.79 Å². The number of benzene rings is 2. The molecule has 0 radical (unpaired) electrons. The highest BCUT2D eigenvalue weighted by atomic mass is 16.5. The second-order valence-corrected chi connectivity index (χ2v) is 8.23. The van der Waals surface area contributed by atoms with Crippen molar-refractivity contribution >= 4 is 33.6 Å². The molecule has 1 aliphatic heterocycles. The minimum absolute atomic E-state index is 0.640. The van der Waals surface area contributed by atoms with Gasteiger partial charge in [-0.15, -0.1) is 0 Å². The number of carboxylic acids is 1. The molecule has 0 aliphatic carbocycles. The van der Waals surface area contributed by atoms with E-state index in [9.17, 15) is 9.90 Å². The van der Waals surface area contributed by atoms with E-state index in [-0.39, 0.29) is 0 Å². The van der Waals surface area contributed by atoms with Gasteiger partial charge in [-0.3, -0.25) is 9.69 Å². The Morgan fingerprint density at radius 1 is 1.09 bits per heavy atom. The quantitative estimate of drug-likeness (QED) is 0.498. The molecule has 1 fully saturated rings. The number of carboxylic acid groups (broad SMARTS) is 1. The van der Waals surface area contributed by atoms with Gasteiger partial charge in [0.2, 0.25) is 0 Å². The maximum atomic E-state index is 12.3. The zero-order valence-electron chi connectivity index (χ0n) is 18.2. The van der Waals surface area contributed by atoms with Crippen molar-refractivity contribution in [3.8, 4) is 5.75 Å². The fourth-order valence-corrected chi connectivity index (χ4v) is 4.66. The fourth-order valence-electron chi connectivity index (χ4n) is 4.66. The molecule has 7 nitrogen and oxygen atoms in total. The lowest BCUT2D eigenvalue weighted by molar-refractivity contribution is -0.143. The van der Waals surface area contributed by atoms with Crippen LogP contribution in [0.5, 0.6) is 5.75 Å². The minimum Gasteiger partial charge on any atom is -0.497 e. The predicted molar refractivity (Wildman–Crippen MR) is 125 cm³/mol. The number of aliphatic carboxylic acids is 1. The van der Waals surface area contributed by atoms with Crippen LogP contribution in [0.1, 0.15) is 17.2 Å². The number of H-pyrrole nitrogens is 1.